The Morgan fingerprint density at radius 3 is 2.70 bits per heavy atom. The lowest BCUT2D eigenvalue weighted by molar-refractivity contribution is -0.123. The van der Waals surface area contributed by atoms with E-state index in [2.05, 4.69) is 15.2 Å². The van der Waals surface area contributed by atoms with Crippen LogP contribution in [0, 0.1) is 6.92 Å². The van der Waals surface area contributed by atoms with Gasteiger partial charge in [-0.05, 0) is 19.8 Å². The molecule has 0 saturated carbocycles. The second-order valence-electron chi connectivity index (χ2n) is 6.68. The van der Waals surface area contributed by atoms with Gasteiger partial charge in [-0.1, -0.05) is 12.1 Å². The fourth-order valence-corrected chi connectivity index (χ4v) is 4.29. The van der Waals surface area contributed by atoms with Crippen molar-refractivity contribution >= 4 is 21.7 Å². The molecule has 0 aromatic carbocycles. The number of amides is 1. The fourth-order valence-electron chi connectivity index (χ4n) is 3.29. The van der Waals surface area contributed by atoms with Crippen molar-refractivity contribution in [1.82, 2.24) is 24.2 Å². The van der Waals surface area contributed by atoms with Crippen molar-refractivity contribution in [3.05, 3.63) is 23.5 Å². The highest BCUT2D eigenvalue weighted by Gasteiger charge is 2.39. The lowest BCUT2D eigenvalue weighted by Gasteiger charge is -2.36. The number of hydrogen-bond acceptors (Lipinski definition) is 7. The quantitative estimate of drug-likeness (QED) is 0.703. The summed E-state index contributed by atoms with van der Waals surface area (Å²) in [5.74, 6) is 1.06. The van der Waals surface area contributed by atoms with E-state index in [-0.39, 0.29) is 18.3 Å². The minimum atomic E-state index is -3.67. The van der Waals surface area contributed by atoms with E-state index in [0.29, 0.717) is 37.4 Å². The van der Waals surface area contributed by atoms with Crippen LogP contribution >= 0.6 is 0 Å². The standard InChI is InChI=1S/C16H24N6O4S/c1-5-13-17-14(26-19-13)10-22(27(4,24)25)12-7-6-8-21(16(12)23)15-9-11(2)18-20(15)3/h9,12H,5-8,10H2,1-4H3/t12-/m1/s1. The number of nitrogens with zero attached hydrogens (tertiary/aromatic N) is 6. The third kappa shape index (κ3) is 4.03. The first-order chi connectivity index (χ1) is 12.7. The largest absolute Gasteiger partial charge is 0.338 e. The Balaban J connectivity index is 1.89. The maximum atomic E-state index is 13.1. The van der Waals surface area contributed by atoms with E-state index in [1.807, 2.05) is 19.9 Å². The zero-order valence-electron chi connectivity index (χ0n) is 15.9. The lowest BCUT2D eigenvalue weighted by atomic mass is 10.0. The molecule has 3 heterocycles. The second kappa shape index (κ2) is 7.39. The van der Waals surface area contributed by atoms with Crippen molar-refractivity contribution in [2.24, 2.45) is 7.05 Å². The molecule has 1 fully saturated rings. The summed E-state index contributed by atoms with van der Waals surface area (Å²) in [5.41, 5.74) is 0.792. The van der Waals surface area contributed by atoms with Gasteiger partial charge >= 0.3 is 0 Å². The Morgan fingerprint density at radius 2 is 2.15 bits per heavy atom. The highest BCUT2D eigenvalue weighted by Crippen LogP contribution is 2.26. The van der Waals surface area contributed by atoms with E-state index in [1.54, 1.807) is 16.6 Å². The minimum Gasteiger partial charge on any atom is -0.338 e. The molecule has 3 rings (SSSR count). The van der Waals surface area contributed by atoms with Crippen LogP contribution in [-0.2, 0) is 34.8 Å². The van der Waals surface area contributed by atoms with Crippen molar-refractivity contribution < 1.29 is 17.7 Å². The molecule has 1 saturated heterocycles. The summed E-state index contributed by atoms with van der Waals surface area (Å²) in [7, 11) is -1.91. The van der Waals surface area contributed by atoms with Crippen molar-refractivity contribution in [2.45, 2.75) is 45.7 Å². The van der Waals surface area contributed by atoms with Crippen molar-refractivity contribution in [3.63, 3.8) is 0 Å². The van der Waals surface area contributed by atoms with E-state index in [9.17, 15) is 13.2 Å². The minimum absolute atomic E-state index is 0.125. The molecule has 1 amide bonds. The van der Waals surface area contributed by atoms with Gasteiger partial charge in [0, 0.05) is 26.1 Å². The molecule has 11 heteroatoms. The molecular formula is C16H24N6O4S. The van der Waals surface area contributed by atoms with Crippen LogP contribution in [0.15, 0.2) is 10.6 Å². The molecule has 27 heavy (non-hydrogen) atoms. The fraction of sp³-hybridized carbons (Fsp3) is 0.625. The van der Waals surface area contributed by atoms with Gasteiger partial charge in [-0.15, -0.1) is 0 Å². The van der Waals surface area contributed by atoms with Crippen LogP contribution in [-0.4, -0.2) is 57.4 Å². The summed E-state index contributed by atoms with van der Waals surface area (Å²) in [5, 5.41) is 8.07. The van der Waals surface area contributed by atoms with Crippen LogP contribution in [0.3, 0.4) is 0 Å². The molecular weight excluding hydrogens is 372 g/mol. The second-order valence-corrected chi connectivity index (χ2v) is 8.62. The van der Waals surface area contributed by atoms with Gasteiger partial charge in [0.1, 0.15) is 11.9 Å². The molecule has 0 aliphatic carbocycles. The van der Waals surface area contributed by atoms with Crippen LogP contribution in [0.4, 0.5) is 5.82 Å². The third-order valence-corrected chi connectivity index (χ3v) is 5.79. The summed E-state index contributed by atoms with van der Waals surface area (Å²) in [6, 6.07) is 0.997. The molecule has 2 aromatic rings. The van der Waals surface area contributed by atoms with E-state index < -0.39 is 16.1 Å². The molecule has 0 spiro atoms. The van der Waals surface area contributed by atoms with Crippen LogP contribution in [0.2, 0.25) is 0 Å². The Kier molecular flexibility index (Phi) is 5.33. The molecule has 1 atom stereocenters. The first-order valence-electron chi connectivity index (χ1n) is 8.81. The van der Waals surface area contributed by atoms with Crippen LogP contribution in [0.1, 0.15) is 37.2 Å². The number of carbonyl (C=O) groups is 1. The Labute approximate surface area is 158 Å². The highest BCUT2D eigenvalue weighted by atomic mass is 32.2. The molecule has 0 bridgehead atoms. The molecule has 0 unspecified atom stereocenters. The Bertz CT molecular complexity index is 935. The maximum Gasteiger partial charge on any atom is 0.246 e. The number of rotatable bonds is 6. The van der Waals surface area contributed by atoms with Gasteiger partial charge in [0.05, 0.1) is 18.5 Å². The average Bonchev–Trinajstić information content (AvgIpc) is 3.18. The third-order valence-electron chi connectivity index (χ3n) is 4.56. The lowest BCUT2D eigenvalue weighted by Crippen LogP contribution is -2.54. The van der Waals surface area contributed by atoms with Crippen LogP contribution in [0.5, 0.6) is 0 Å². The summed E-state index contributed by atoms with van der Waals surface area (Å²) < 4.78 is 32.8. The number of hydrogen-bond donors (Lipinski definition) is 0. The van der Waals surface area contributed by atoms with Gasteiger partial charge in [0.2, 0.25) is 21.8 Å². The smallest absolute Gasteiger partial charge is 0.246 e. The van der Waals surface area contributed by atoms with Crippen LogP contribution in [0.25, 0.3) is 0 Å². The predicted molar refractivity (Wildman–Crippen MR) is 97.4 cm³/mol. The predicted octanol–water partition coefficient (Wildman–Crippen LogP) is 0.631. The van der Waals surface area contributed by atoms with Crippen LogP contribution < -0.4 is 4.90 Å². The van der Waals surface area contributed by atoms with Crippen molar-refractivity contribution in [3.8, 4) is 0 Å². The number of carbonyl (C=O) groups excluding carboxylic acids is 1. The summed E-state index contributed by atoms with van der Waals surface area (Å²) in [4.78, 5) is 18.9. The first kappa shape index (κ1) is 19.5. The SMILES string of the molecule is CCc1noc(CN([C@@H]2CCCN(c3cc(C)nn3C)C2=O)S(C)(=O)=O)n1. The monoisotopic (exact) mass is 396 g/mol. The van der Waals surface area contributed by atoms with Gasteiger partial charge in [-0.2, -0.15) is 14.4 Å². The number of piperidine rings is 1. The highest BCUT2D eigenvalue weighted by molar-refractivity contribution is 7.88. The van der Waals surface area contributed by atoms with Gasteiger partial charge in [-0.25, -0.2) is 8.42 Å². The van der Waals surface area contributed by atoms with E-state index in [0.717, 1.165) is 16.3 Å². The summed E-state index contributed by atoms with van der Waals surface area (Å²) in [6.07, 6.45) is 2.79. The van der Waals surface area contributed by atoms with Gasteiger partial charge < -0.3 is 4.52 Å². The normalized spacial score (nSPS) is 18.5. The summed E-state index contributed by atoms with van der Waals surface area (Å²) >= 11 is 0. The number of aryl methyl sites for hydroxylation is 3. The zero-order chi connectivity index (χ0) is 19.8. The molecule has 1 aliphatic heterocycles. The van der Waals surface area contributed by atoms with E-state index >= 15 is 0 Å². The van der Waals surface area contributed by atoms with Crippen molar-refractivity contribution in [1.29, 1.82) is 0 Å². The summed E-state index contributed by atoms with van der Waals surface area (Å²) in [6.45, 7) is 4.12. The first-order valence-corrected chi connectivity index (χ1v) is 10.7. The molecule has 148 valence electrons. The molecule has 0 radical (unpaired) electrons. The number of aromatic nitrogens is 4. The van der Waals surface area contributed by atoms with E-state index in [1.165, 1.54) is 0 Å². The number of anilines is 1. The molecule has 2 aromatic heterocycles. The van der Waals surface area contributed by atoms with Crippen molar-refractivity contribution in [2.75, 3.05) is 17.7 Å². The molecule has 0 N–H and O–H groups in total. The Morgan fingerprint density at radius 1 is 1.41 bits per heavy atom. The van der Waals surface area contributed by atoms with E-state index in [4.69, 9.17) is 4.52 Å². The average molecular weight is 396 g/mol. The number of sulfonamides is 1. The van der Waals surface area contributed by atoms with Gasteiger partial charge in [0.15, 0.2) is 5.82 Å². The van der Waals surface area contributed by atoms with Gasteiger partial charge in [-0.3, -0.25) is 14.4 Å². The van der Waals surface area contributed by atoms with Gasteiger partial charge in [0.25, 0.3) is 0 Å². The maximum absolute atomic E-state index is 13.1. The molecule has 1 aliphatic rings. The zero-order valence-corrected chi connectivity index (χ0v) is 16.7. The molecule has 10 nitrogen and oxygen atoms in total. The Hall–Kier alpha value is -2.27. The topological polar surface area (TPSA) is 114 Å².